The molecule has 0 saturated heterocycles. The van der Waals surface area contributed by atoms with Gasteiger partial charge >= 0.3 is 6.18 Å². The first kappa shape index (κ1) is 11.0. The minimum Gasteiger partial charge on any atom is -0.476 e. The van der Waals surface area contributed by atoms with Crippen molar-refractivity contribution in [3.8, 4) is 0 Å². The number of nitrogens with zero attached hydrogens (tertiary/aromatic N) is 1. The Morgan fingerprint density at radius 3 is 2.62 bits per heavy atom. The highest BCUT2D eigenvalue weighted by Gasteiger charge is 2.31. The van der Waals surface area contributed by atoms with Crippen LogP contribution in [0.2, 0.25) is 0 Å². The van der Waals surface area contributed by atoms with Crippen molar-refractivity contribution in [1.82, 2.24) is 0 Å². The number of hydrogen-bond donors (Lipinski definition) is 0. The van der Waals surface area contributed by atoms with Gasteiger partial charge in [-0.15, -0.1) is 0 Å². The van der Waals surface area contributed by atoms with Crippen molar-refractivity contribution in [1.29, 1.82) is 0 Å². The molecule has 0 saturated carbocycles. The summed E-state index contributed by atoms with van der Waals surface area (Å²) in [4.78, 5) is 4.02. The summed E-state index contributed by atoms with van der Waals surface area (Å²) in [5.41, 5.74) is 0.479. The topological polar surface area (TPSA) is 21.6 Å². The maximum atomic E-state index is 12.5. The Hall–Kier alpha value is -1.52. The van der Waals surface area contributed by atoms with E-state index < -0.39 is 11.7 Å². The van der Waals surface area contributed by atoms with E-state index >= 15 is 0 Å². The third-order valence-electron chi connectivity index (χ3n) is 2.38. The predicted molar refractivity (Wildman–Crippen MR) is 53.5 cm³/mol. The van der Waals surface area contributed by atoms with Gasteiger partial charge in [0.05, 0.1) is 12.1 Å². The molecule has 0 N–H and O–H groups in total. The first-order valence-electron chi connectivity index (χ1n) is 4.84. The van der Waals surface area contributed by atoms with E-state index in [0.29, 0.717) is 24.6 Å². The lowest BCUT2D eigenvalue weighted by molar-refractivity contribution is -0.137. The number of hydrogen-bond acceptors (Lipinski definition) is 2. The van der Waals surface area contributed by atoms with Crippen LogP contribution in [0.1, 0.15) is 16.7 Å². The van der Waals surface area contributed by atoms with Crippen LogP contribution in [0, 0.1) is 6.92 Å². The average Bonchev–Trinajstić information content (AvgIpc) is 2.69. The maximum absolute atomic E-state index is 12.5. The van der Waals surface area contributed by atoms with Crippen LogP contribution in [0.25, 0.3) is 0 Å². The third kappa shape index (κ3) is 2.03. The lowest BCUT2D eigenvalue weighted by Gasteiger charge is -2.11. The van der Waals surface area contributed by atoms with E-state index in [-0.39, 0.29) is 0 Å². The zero-order chi connectivity index (χ0) is 11.8. The van der Waals surface area contributed by atoms with E-state index in [9.17, 15) is 13.2 Å². The van der Waals surface area contributed by atoms with E-state index in [2.05, 4.69) is 4.99 Å². The van der Waals surface area contributed by atoms with Crippen LogP contribution in [0.4, 0.5) is 13.2 Å². The quantitative estimate of drug-likeness (QED) is 0.725. The molecule has 0 bridgehead atoms. The summed E-state index contributed by atoms with van der Waals surface area (Å²) in [5, 5.41) is 0. The van der Waals surface area contributed by atoms with Crippen molar-refractivity contribution < 1.29 is 17.9 Å². The Kier molecular flexibility index (Phi) is 2.61. The molecule has 5 heteroatoms. The van der Waals surface area contributed by atoms with E-state index in [1.54, 1.807) is 6.92 Å². The summed E-state index contributed by atoms with van der Waals surface area (Å²) in [5.74, 6) is 0.309. The molecule has 0 aliphatic carbocycles. The van der Waals surface area contributed by atoms with Crippen LogP contribution in [-0.4, -0.2) is 19.0 Å². The number of benzene rings is 1. The van der Waals surface area contributed by atoms with E-state index in [4.69, 9.17) is 4.74 Å². The summed E-state index contributed by atoms with van der Waals surface area (Å²) in [6.45, 7) is 2.68. The molecule has 1 aliphatic heterocycles. The Bertz CT molecular complexity index is 437. The normalized spacial score (nSPS) is 15.9. The average molecular weight is 229 g/mol. The van der Waals surface area contributed by atoms with Crippen molar-refractivity contribution in [2.45, 2.75) is 13.1 Å². The minimum absolute atomic E-state index is 0.309. The first-order valence-corrected chi connectivity index (χ1v) is 4.84. The second-order valence-electron chi connectivity index (χ2n) is 3.56. The van der Waals surface area contributed by atoms with E-state index in [1.807, 2.05) is 0 Å². The van der Waals surface area contributed by atoms with Gasteiger partial charge in [-0.05, 0) is 24.6 Å². The number of rotatable bonds is 1. The van der Waals surface area contributed by atoms with Crippen molar-refractivity contribution in [3.63, 3.8) is 0 Å². The van der Waals surface area contributed by atoms with Crippen LogP contribution < -0.4 is 0 Å². The number of ether oxygens (including phenoxy) is 1. The summed E-state index contributed by atoms with van der Waals surface area (Å²) < 4.78 is 42.7. The van der Waals surface area contributed by atoms with Crippen molar-refractivity contribution in [3.05, 3.63) is 34.9 Å². The Labute approximate surface area is 90.8 Å². The second kappa shape index (κ2) is 3.81. The van der Waals surface area contributed by atoms with Crippen LogP contribution >= 0.6 is 0 Å². The lowest BCUT2D eigenvalue weighted by Crippen LogP contribution is -2.09. The largest absolute Gasteiger partial charge is 0.476 e. The van der Waals surface area contributed by atoms with Gasteiger partial charge in [-0.25, -0.2) is 4.99 Å². The van der Waals surface area contributed by atoms with Gasteiger partial charge < -0.3 is 4.74 Å². The van der Waals surface area contributed by atoms with Crippen molar-refractivity contribution >= 4 is 5.90 Å². The SMILES string of the molecule is Cc1ccc(C(F)(F)F)cc1C1=NCCO1. The molecule has 1 aromatic carbocycles. The van der Waals surface area contributed by atoms with Crippen LogP contribution in [0.3, 0.4) is 0 Å². The molecule has 86 valence electrons. The highest BCUT2D eigenvalue weighted by atomic mass is 19.4. The van der Waals surface area contributed by atoms with Crippen LogP contribution in [0.5, 0.6) is 0 Å². The molecule has 0 amide bonds. The highest BCUT2D eigenvalue weighted by Crippen LogP contribution is 2.30. The zero-order valence-corrected chi connectivity index (χ0v) is 8.64. The number of halogens is 3. The molecule has 16 heavy (non-hydrogen) atoms. The summed E-state index contributed by atoms with van der Waals surface area (Å²) >= 11 is 0. The van der Waals surface area contributed by atoms with Gasteiger partial charge in [0.2, 0.25) is 5.90 Å². The lowest BCUT2D eigenvalue weighted by atomic mass is 10.0. The minimum atomic E-state index is -4.33. The number of alkyl halides is 3. The maximum Gasteiger partial charge on any atom is 0.416 e. The molecule has 0 radical (unpaired) electrons. The predicted octanol–water partition coefficient (Wildman–Crippen LogP) is 2.79. The van der Waals surface area contributed by atoms with Gasteiger partial charge in [0.15, 0.2) is 0 Å². The van der Waals surface area contributed by atoms with Crippen molar-refractivity contribution in [2.24, 2.45) is 4.99 Å². The third-order valence-corrected chi connectivity index (χ3v) is 2.38. The molecule has 2 nitrogen and oxygen atoms in total. The molecular weight excluding hydrogens is 219 g/mol. The van der Waals surface area contributed by atoms with Gasteiger partial charge in [0.1, 0.15) is 6.61 Å². The first-order chi connectivity index (χ1) is 7.48. The smallest absolute Gasteiger partial charge is 0.416 e. The molecule has 0 aromatic heterocycles. The Morgan fingerprint density at radius 1 is 1.31 bits per heavy atom. The van der Waals surface area contributed by atoms with E-state index in [0.717, 1.165) is 17.7 Å². The van der Waals surface area contributed by atoms with Gasteiger partial charge in [0, 0.05) is 5.56 Å². The zero-order valence-electron chi connectivity index (χ0n) is 8.64. The number of aryl methyl sites for hydroxylation is 1. The van der Waals surface area contributed by atoms with Crippen molar-refractivity contribution in [2.75, 3.05) is 13.2 Å². The standard InChI is InChI=1S/C11H10F3NO/c1-7-2-3-8(11(12,13)14)6-9(7)10-15-4-5-16-10/h2-3,6H,4-5H2,1H3. The number of aliphatic imine (C=N–C) groups is 1. The monoisotopic (exact) mass is 229 g/mol. The molecule has 0 unspecified atom stereocenters. The van der Waals surface area contributed by atoms with Gasteiger partial charge in [-0.1, -0.05) is 6.07 Å². The summed E-state index contributed by atoms with van der Waals surface area (Å²) in [6, 6.07) is 3.58. The highest BCUT2D eigenvalue weighted by molar-refractivity contribution is 5.96. The van der Waals surface area contributed by atoms with Crippen LogP contribution in [0.15, 0.2) is 23.2 Å². The summed E-state index contributed by atoms with van der Waals surface area (Å²) in [7, 11) is 0. The second-order valence-corrected chi connectivity index (χ2v) is 3.56. The fourth-order valence-electron chi connectivity index (χ4n) is 1.53. The Morgan fingerprint density at radius 2 is 2.06 bits per heavy atom. The fraction of sp³-hybridized carbons (Fsp3) is 0.364. The molecule has 0 fully saturated rings. The molecule has 0 atom stereocenters. The molecule has 0 spiro atoms. The van der Waals surface area contributed by atoms with E-state index in [1.165, 1.54) is 6.07 Å². The molecule has 2 rings (SSSR count). The van der Waals surface area contributed by atoms with Gasteiger partial charge in [0.25, 0.3) is 0 Å². The molecule has 1 aliphatic rings. The molecule has 1 aromatic rings. The van der Waals surface area contributed by atoms with Crippen LogP contribution in [-0.2, 0) is 10.9 Å². The molecular formula is C11H10F3NO. The van der Waals surface area contributed by atoms with Gasteiger partial charge in [-0.2, -0.15) is 13.2 Å². The van der Waals surface area contributed by atoms with Gasteiger partial charge in [-0.3, -0.25) is 0 Å². The fourth-order valence-corrected chi connectivity index (χ4v) is 1.53. The Balaban J connectivity index is 2.44. The summed E-state index contributed by atoms with van der Waals surface area (Å²) in [6.07, 6.45) is -4.33. The molecule has 1 heterocycles.